The molecule has 7 nitrogen and oxygen atoms in total. The van der Waals surface area contributed by atoms with E-state index in [4.69, 9.17) is 9.47 Å². The van der Waals surface area contributed by atoms with Crippen LogP contribution in [0.25, 0.3) is 6.08 Å². The lowest BCUT2D eigenvalue weighted by atomic mass is 10.0. The van der Waals surface area contributed by atoms with Crippen molar-refractivity contribution < 1.29 is 34.4 Å². The molecule has 0 bridgehead atoms. The third-order valence-corrected chi connectivity index (χ3v) is 4.05. The number of carbonyl (C=O) groups is 2. The molecule has 2 aromatic carbocycles. The molecule has 0 fully saturated rings. The first-order chi connectivity index (χ1) is 13.3. The highest BCUT2D eigenvalue weighted by atomic mass is 16.5. The molecule has 0 aliphatic rings. The van der Waals surface area contributed by atoms with Crippen molar-refractivity contribution in [1.82, 2.24) is 0 Å². The molecule has 7 heteroatoms. The first kappa shape index (κ1) is 21.0. The summed E-state index contributed by atoms with van der Waals surface area (Å²) in [6.07, 6.45) is 1.08. The molecule has 0 saturated heterocycles. The van der Waals surface area contributed by atoms with E-state index in [0.29, 0.717) is 11.1 Å². The standard InChI is InChI=1S/C21H22O7/c1-27-20-9-13(4-7-17(20)24)3-6-15(22)11-16(23)12-19(26)14-5-8-18(25)21(10-14)28-2/h3-10,19,24-26H,11-12H2,1-2H3/b6-3-. The highest BCUT2D eigenvalue weighted by molar-refractivity contribution is 6.06. The summed E-state index contributed by atoms with van der Waals surface area (Å²) in [4.78, 5) is 24.1. The zero-order chi connectivity index (χ0) is 20.7. The fourth-order valence-electron chi connectivity index (χ4n) is 2.55. The van der Waals surface area contributed by atoms with E-state index in [1.54, 1.807) is 12.1 Å². The minimum absolute atomic E-state index is 0.0130. The average molecular weight is 386 g/mol. The fraction of sp³-hybridized carbons (Fsp3) is 0.238. The summed E-state index contributed by atoms with van der Waals surface area (Å²) in [6.45, 7) is 0. The molecule has 2 rings (SSSR count). The van der Waals surface area contributed by atoms with E-state index in [0.717, 1.165) is 0 Å². The summed E-state index contributed by atoms with van der Waals surface area (Å²) in [6, 6.07) is 8.88. The molecule has 0 saturated carbocycles. The Labute approximate surface area is 162 Å². The van der Waals surface area contributed by atoms with Crippen molar-refractivity contribution in [3.63, 3.8) is 0 Å². The zero-order valence-electron chi connectivity index (χ0n) is 15.6. The van der Waals surface area contributed by atoms with Crippen molar-refractivity contribution in [2.75, 3.05) is 14.2 Å². The normalized spacial score (nSPS) is 12.0. The van der Waals surface area contributed by atoms with Gasteiger partial charge in [-0.15, -0.1) is 0 Å². The Morgan fingerprint density at radius 3 is 2.25 bits per heavy atom. The Balaban J connectivity index is 1.94. The second-order valence-electron chi connectivity index (χ2n) is 6.10. The second kappa shape index (κ2) is 9.57. The Kier molecular flexibility index (Phi) is 7.17. The predicted molar refractivity (Wildman–Crippen MR) is 103 cm³/mol. The number of Topliss-reactive ketones (excluding diaryl/α,β-unsaturated/α-hetero) is 1. The highest BCUT2D eigenvalue weighted by Crippen LogP contribution is 2.30. The van der Waals surface area contributed by atoms with Crippen LogP contribution in [0.5, 0.6) is 23.0 Å². The van der Waals surface area contributed by atoms with Crippen molar-refractivity contribution >= 4 is 17.6 Å². The lowest BCUT2D eigenvalue weighted by Gasteiger charge is -2.12. The molecule has 1 unspecified atom stereocenters. The van der Waals surface area contributed by atoms with Gasteiger partial charge in [-0.2, -0.15) is 0 Å². The van der Waals surface area contributed by atoms with Crippen molar-refractivity contribution in [3.05, 3.63) is 53.6 Å². The first-order valence-electron chi connectivity index (χ1n) is 8.48. The van der Waals surface area contributed by atoms with E-state index in [1.807, 2.05) is 0 Å². The van der Waals surface area contributed by atoms with Gasteiger partial charge in [-0.3, -0.25) is 9.59 Å². The Morgan fingerprint density at radius 2 is 1.61 bits per heavy atom. The minimum atomic E-state index is -1.11. The largest absolute Gasteiger partial charge is 0.504 e. The zero-order valence-corrected chi connectivity index (χ0v) is 15.6. The second-order valence-corrected chi connectivity index (χ2v) is 6.10. The number of carbonyl (C=O) groups excluding carboxylic acids is 2. The van der Waals surface area contributed by atoms with Crippen LogP contribution in [0.15, 0.2) is 42.5 Å². The molecular formula is C21H22O7. The number of aliphatic hydroxyl groups excluding tert-OH is 1. The van der Waals surface area contributed by atoms with Gasteiger partial charge < -0.3 is 24.8 Å². The van der Waals surface area contributed by atoms with E-state index in [-0.39, 0.29) is 35.8 Å². The van der Waals surface area contributed by atoms with Gasteiger partial charge in [0.15, 0.2) is 28.8 Å². The van der Waals surface area contributed by atoms with Gasteiger partial charge in [-0.25, -0.2) is 0 Å². The Hall–Kier alpha value is -3.32. The number of phenols is 2. The van der Waals surface area contributed by atoms with Crippen molar-refractivity contribution in [1.29, 1.82) is 0 Å². The van der Waals surface area contributed by atoms with Crippen LogP contribution >= 0.6 is 0 Å². The van der Waals surface area contributed by atoms with Crippen LogP contribution in [0.2, 0.25) is 0 Å². The number of aromatic hydroxyl groups is 2. The van der Waals surface area contributed by atoms with Gasteiger partial charge in [0.25, 0.3) is 0 Å². The Morgan fingerprint density at radius 1 is 1.00 bits per heavy atom. The molecule has 2 aromatic rings. The number of hydrogen-bond acceptors (Lipinski definition) is 7. The number of benzene rings is 2. The smallest absolute Gasteiger partial charge is 0.163 e. The van der Waals surface area contributed by atoms with E-state index >= 15 is 0 Å². The van der Waals surface area contributed by atoms with Crippen LogP contribution in [0.3, 0.4) is 0 Å². The third-order valence-electron chi connectivity index (χ3n) is 4.05. The molecule has 0 heterocycles. The number of ketones is 2. The maximum Gasteiger partial charge on any atom is 0.163 e. The van der Waals surface area contributed by atoms with E-state index in [9.17, 15) is 24.9 Å². The lowest BCUT2D eigenvalue weighted by Crippen LogP contribution is -2.10. The maximum absolute atomic E-state index is 12.1. The summed E-state index contributed by atoms with van der Waals surface area (Å²) in [5.41, 5.74) is 1.04. The number of ether oxygens (including phenoxy) is 2. The van der Waals surface area contributed by atoms with Crippen molar-refractivity contribution in [3.8, 4) is 23.0 Å². The predicted octanol–water partition coefficient (Wildman–Crippen LogP) is 2.78. The maximum atomic E-state index is 12.1. The summed E-state index contributed by atoms with van der Waals surface area (Å²) < 4.78 is 9.96. The number of hydrogen-bond donors (Lipinski definition) is 3. The molecule has 0 aliphatic carbocycles. The number of methoxy groups -OCH3 is 2. The monoisotopic (exact) mass is 386 g/mol. The van der Waals surface area contributed by atoms with Crippen LogP contribution < -0.4 is 9.47 Å². The SMILES string of the molecule is COc1cc(/C=C\C(=O)CC(=O)CC(O)c2ccc(O)c(OC)c2)ccc1O. The quantitative estimate of drug-likeness (QED) is 0.448. The van der Waals surface area contributed by atoms with Crippen LogP contribution in [-0.2, 0) is 9.59 Å². The molecule has 0 aromatic heterocycles. The summed E-state index contributed by atoms with van der Waals surface area (Å²) >= 11 is 0. The van der Waals surface area contributed by atoms with Gasteiger partial charge in [0, 0.05) is 6.42 Å². The van der Waals surface area contributed by atoms with Gasteiger partial charge in [-0.1, -0.05) is 18.2 Å². The lowest BCUT2D eigenvalue weighted by molar-refractivity contribution is -0.126. The van der Waals surface area contributed by atoms with E-state index in [2.05, 4.69) is 0 Å². The average Bonchev–Trinajstić information content (AvgIpc) is 2.67. The molecule has 0 amide bonds. The summed E-state index contributed by atoms with van der Waals surface area (Å²) in [7, 11) is 2.80. The van der Waals surface area contributed by atoms with Crippen LogP contribution in [0.4, 0.5) is 0 Å². The summed E-state index contributed by atoms with van der Waals surface area (Å²) in [5, 5.41) is 29.3. The molecule has 0 aliphatic heterocycles. The topological polar surface area (TPSA) is 113 Å². The van der Waals surface area contributed by atoms with E-state index < -0.39 is 17.7 Å². The van der Waals surface area contributed by atoms with Gasteiger partial charge in [0.05, 0.1) is 26.7 Å². The van der Waals surface area contributed by atoms with E-state index in [1.165, 1.54) is 50.6 Å². The molecule has 0 spiro atoms. The molecule has 28 heavy (non-hydrogen) atoms. The number of aliphatic hydroxyl groups is 1. The Bertz CT molecular complexity index is 886. The first-order valence-corrected chi connectivity index (χ1v) is 8.48. The minimum Gasteiger partial charge on any atom is -0.504 e. The fourth-order valence-corrected chi connectivity index (χ4v) is 2.55. The molecular weight excluding hydrogens is 364 g/mol. The highest BCUT2D eigenvalue weighted by Gasteiger charge is 2.16. The molecule has 148 valence electrons. The van der Waals surface area contributed by atoms with Crippen molar-refractivity contribution in [2.45, 2.75) is 18.9 Å². The number of allylic oxidation sites excluding steroid dienone is 1. The third kappa shape index (κ3) is 5.59. The summed E-state index contributed by atoms with van der Waals surface area (Å²) in [5.74, 6) is -0.451. The van der Waals surface area contributed by atoms with Crippen LogP contribution in [0.1, 0.15) is 30.1 Å². The van der Waals surface area contributed by atoms with Gasteiger partial charge in [0.1, 0.15) is 5.78 Å². The molecule has 3 N–H and O–H groups in total. The number of phenolic OH excluding ortho intramolecular Hbond substituents is 2. The van der Waals surface area contributed by atoms with Gasteiger partial charge in [0.2, 0.25) is 0 Å². The van der Waals surface area contributed by atoms with Crippen molar-refractivity contribution in [2.24, 2.45) is 0 Å². The number of rotatable bonds is 9. The molecule has 0 radical (unpaired) electrons. The van der Waals surface area contributed by atoms with Crippen LogP contribution in [-0.4, -0.2) is 41.1 Å². The molecule has 1 atom stereocenters. The van der Waals surface area contributed by atoms with Gasteiger partial charge in [-0.05, 0) is 41.5 Å². The van der Waals surface area contributed by atoms with Crippen LogP contribution in [0, 0.1) is 0 Å². The van der Waals surface area contributed by atoms with Gasteiger partial charge >= 0.3 is 0 Å².